The molecule has 23 heavy (non-hydrogen) atoms. The minimum atomic E-state index is -0.204. The van der Waals surface area contributed by atoms with Gasteiger partial charge in [-0.25, -0.2) is 0 Å². The quantitative estimate of drug-likeness (QED) is 0.723. The Labute approximate surface area is 140 Å². The Hall–Kier alpha value is -0.570. The summed E-state index contributed by atoms with van der Waals surface area (Å²) in [5.41, 5.74) is -0.204. The number of esters is 1. The van der Waals surface area contributed by atoms with E-state index in [4.69, 9.17) is 9.47 Å². The molecule has 130 valence electrons. The van der Waals surface area contributed by atoms with Crippen LogP contribution in [0.3, 0.4) is 0 Å². The molecule has 4 fully saturated rings. The highest BCUT2D eigenvalue weighted by molar-refractivity contribution is 5.74. The fraction of sp³-hybridized carbons (Fsp3) is 0.950. The maximum atomic E-state index is 12.8. The van der Waals surface area contributed by atoms with E-state index >= 15 is 0 Å². The third kappa shape index (κ3) is 2.45. The smallest absolute Gasteiger partial charge is 0.312 e. The molecule has 4 aliphatic rings. The van der Waals surface area contributed by atoms with Gasteiger partial charge in [0.1, 0.15) is 5.60 Å². The van der Waals surface area contributed by atoms with Gasteiger partial charge in [-0.05, 0) is 69.1 Å². The van der Waals surface area contributed by atoms with Crippen molar-refractivity contribution in [2.24, 2.45) is 29.6 Å². The molecule has 0 aromatic heterocycles. The van der Waals surface area contributed by atoms with Gasteiger partial charge in [0.25, 0.3) is 0 Å². The van der Waals surface area contributed by atoms with Crippen molar-refractivity contribution in [3.8, 4) is 0 Å². The Morgan fingerprint density at radius 1 is 1.09 bits per heavy atom. The maximum Gasteiger partial charge on any atom is 0.312 e. The first-order chi connectivity index (χ1) is 11.1. The average Bonchev–Trinajstić information content (AvgIpc) is 3.27. The van der Waals surface area contributed by atoms with E-state index < -0.39 is 0 Å². The van der Waals surface area contributed by atoms with Gasteiger partial charge in [0.05, 0.1) is 18.1 Å². The van der Waals surface area contributed by atoms with Crippen LogP contribution in [0.25, 0.3) is 0 Å². The van der Waals surface area contributed by atoms with Gasteiger partial charge < -0.3 is 9.47 Å². The molecule has 0 aromatic rings. The van der Waals surface area contributed by atoms with Crippen molar-refractivity contribution >= 4 is 5.97 Å². The van der Waals surface area contributed by atoms with Crippen molar-refractivity contribution < 1.29 is 14.3 Å². The molecule has 2 bridgehead atoms. The van der Waals surface area contributed by atoms with Crippen LogP contribution in [0.4, 0.5) is 0 Å². The normalized spacial score (nSPS) is 47.0. The Balaban J connectivity index is 1.48. The van der Waals surface area contributed by atoms with Gasteiger partial charge in [-0.1, -0.05) is 26.7 Å². The fourth-order valence-electron chi connectivity index (χ4n) is 6.37. The number of ether oxygens (including phenoxy) is 2. The number of hydrogen-bond donors (Lipinski definition) is 0. The molecule has 2 heterocycles. The Morgan fingerprint density at radius 2 is 1.74 bits per heavy atom. The minimum Gasteiger partial charge on any atom is -0.459 e. The van der Waals surface area contributed by atoms with Crippen LogP contribution in [-0.2, 0) is 14.3 Å². The highest BCUT2D eigenvalue weighted by Crippen LogP contribution is 2.60. The molecule has 2 saturated heterocycles. The number of rotatable bonds is 4. The summed E-state index contributed by atoms with van der Waals surface area (Å²) in [6.45, 7) is 6.74. The summed E-state index contributed by atoms with van der Waals surface area (Å²) in [6, 6.07) is 0. The molecular formula is C20H32O3. The third-order valence-corrected chi connectivity index (χ3v) is 7.52. The second-order valence-electron chi connectivity index (χ2n) is 8.79. The van der Waals surface area contributed by atoms with E-state index in [2.05, 4.69) is 20.8 Å². The zero-order valence-electron chi connectivity index (χ0n) is 14.9. The maximum absolute atomic E-state index is 12.8. The lowest BCUT2D eigenvalue weighted by atomic mass is 9.70. The van der Waals surface area contributed by atoms with Crippen LogP contribution >= 0.6 is 0 Å². The van der Waals surface area contributed by atoms with Crippen LogP contribution in [-0.4, -0.2) is 23.8 Å². The predicted octanol–water partition coefficient (Wildman–Crippen LogP) is 4.34. The summed E-state index contributed by atoms with van der Waals surface area (Å²) >= 11 is 0. The fourth-order valence-corrected chi connectivity index (χ4v) is 6.37. The molecule has 2 aliphatic heterocycles. The van der Waals surface area contributed by atoms with Crippen LogP contribution in [0.15, 0.2) is 0 Å². The molecule has 0 N–H and O–H groups in total. The van der Waals surface area contributed by atoms with Crippen molar-refractivity contribution in [3.05, 3.63) is 0 Å². The number of carbonyl (C=O) groups excluding carboxylic acids is 1. The summed E-state index contributed by atoms with van der Waals surface area (Å²) in [7, 11) is 0. The molecule has 4 rings (SSSR count). The van der Waals surface area contributed by atoms with Crippen LogP contribution in [0.5, 0.6) is 0 Å². The Morgan fingerprint density at radius 3 is 2.39 bits per heavy atom. The Kier molecular flexibility index (Phi) is 3.98. The van der Waals surface area contributed by atoms with E-state index in [1.165, 1.54) is 32.1 Å². The van der Waals surface area contributed by atoms with Crippen LogP contribution < -0.4 is 0 Å². The number of hydrogen-bond acceptors (Lipinski definition) is 3. The zero-order valence-corrected chi connectivity index (χ0v) is 14.9. The largest absolute Gasteiger partial charge is 0.459 e. The molecule has 0 radical (unpaired) electrons. The second-order valence-corrected chi connectivity index (χ2v) is 8.79. The van der Waals surface area contributed by atoms with Crippen LogP contribution in [0.1, 0.15) is 72.1 Å². The summed E-state index contributed by atoms with van der Waals surface area (Å²) < 4.78 is 12.3. The first-order valence-electron chi connectivity index (χ1n) is 9.94. The van der Waals surface area contributed by atoms with E-state index in [-0.39, 0.29) is 23.6 Å². The first kappa shape index (κ1) is 15.9. The summed E-state index contributed by atoms with van der Waals surface area (Å²) in [5, 5.41) is 0. The summed E-state index contributed by atoms with van der Waals surface area (Å²) in [5.74, 6) is 2.92. The highest BCUT2D eigenvalue weighted by atomic mass is 16.6. The third-order valence-electron chi connectivity index (χ3n) is 7.52. The number of carbonyl (C=O) groups is 1. The van der Waals surface area contributed by atoms with E-state index in [1.807, 2.05) is 0 Å². The lowest BCUT2D eigenvalue weighted by molar-refractivity contribution is -0.165. The SMILES string of the molecule is CCC1CC(CC)C2C3OC(CC3C(=O)OC3(C)CCCC3)C12. The van der Waals surface area contributed by atoms with Crippen molar-refractivity contribution in [1.82, 2.24) is 0 Å². The van der Waals surface area contributed by atoms with Crippen LogP contribution in [0.2, 0.25) is 0 Å². The van der Waals surface area contributed by atoms with E-state index in [0.29, 0.717) is 17.9 Å². The molecule has 3 heteroatoms. The molecule has 0 spiro atoms. The van der Waals surface area contributed by atoms with Gasteiger partial charge in [0.2, 0.25) is 0 Å². The molecule has 7 atom stereocenters. The van der Waals surface area contributed by atoms with Crippen molar-refractivity contribution in [2.75, 3.05) is 0 Å². The van der Waals surface area contributed by atoms with Gasteiger partial charge in [-0.2, -0.15) is 0 Å². The zero-order chi connectivity index (χ0) is 16.2. The lowest BCUT2D eigenvalue weighted by Crippen LogP contribution is -2.41. The number of fused-ring (bicyclic) bond motifs is 5. The average molecular weight is 320 g/mol. The molecule has 0 aromatic carbocycles. The van der Waals surface area contributed by atoms with Gasteiger partial charge in [-0.3, -0.25) is 4.79 Å². The van der Waals surface area contributed by atoms with Crippen LogP contribution in [0, 0.1) is 29.6 Å². The van der Waals surface area contributed by atoms with Crippen molar-refractivity contribution in [1.29, 1.82) is 0 Å². The van der Waals surface area contributed by atoms with E-state index in [0.717, 1.165) is 31.1 Å². The van der Waals surface area contributed by atoms with Crippen molar-refractivity contribution in [2.45, 2.75) is 89.9 Å². The predicted molar refractivity (Wildman–Crippen MR) is 88.9 cm³/mol. The minimum absolute atomic E-state index is 0.00308. The topological polar surface area (TPSA) is 35.5 Å². The van der Waals surface area contributed by atoms with E-state index in [1.54, 1.807) is 0 Å². The molecule has 3 nitrogen and oxygen atoms in total. The van der Waals surface area contributed by atoms with Gasteiger partial charge in [0.15, 0.2) is 0 Å². The first-order valence-corrected chi connectivity index (χ1v) is 9.94. The summed E-state index contributed by atoms with van der Waals surface area (Å²) in [4.78, 5) is 12.8. The highest BCUT2D eigenvalue weighted by Gasteiger charge is 2.63. The molecule has 0 amide bonds. The lowest BCUT2D eigenvalue weighted by Gasteiger charge is -2.33. The van der Waals surface area contributed by atoms with Gasteiger partial charge in [-0.15, -0.1) is 0 Å². The molecule has 2 saturated carbocycles. The summed E-state index contributed by atoms with van der Waals surface area (Å²) in [6.07, 6.45) is 9.65. The van der Waals surface area contributed by atoms with Gasteiger partial charge in [0, 0.05) is 0 Å². The molecular weight excluding hydrogens is 288 g/mol. The van der Waals surface area contributed by atoms with Crippen molar-refractivity contribution in [3.63, 3.8) is 0 Å². The van der Waals surface area contributed by atoms with Gasteiger partial charge >= 0.3 is 5.97 Å². The molecule has 7 unspecified atom stereocenters. The molecule has 2 aliphatic carbocycles. The standard InChI is InChI=1S/C20H32O3/c1-4-12-10-13(5-2)17-16(12)15-11-14(18(17)22-15)19(21)23-20(3)8-6-7-9-20/h12-18H,4-11H2,1-3H3. The monoisotopic (exact) mass is 320 g/mol. The van der Waals surface area contributed by atoms with E-state index in [9.17, 15) is 4.79 Å². The Bertz CT molecular complexity index is 468. The second kappa shape index (κ2) is 5.75.